The van der Waals surface area contributed by atoms with E-state index in [1.165, 1.54) is 12.8 Å². The fraction of sp³-hybridized carbons (Fsp3) is 0.603. The second kappa shape index (κ2) is 65.2. The van der Waals surface area contributed by atoms with Crippen molar-refractivity contribution < 1.29 is 75.8 Å². The molecule has 0 bridgehead atoms. The van der Waals surface area contributed by atoms with Gasteiger partial charge in [-0.1, -0.05) is 224 Å². The highest BCUT2D eigenvalue weighted by atomic mass is 31.2. The summed E-state index contributed by atoms with van der Waals surface area (Å²) in [6.07, 6.45) is 78.8. The standard InChI is InChI=1S/C73H118O16P2/c1-4-7-10-13-16-19-22-24-26-28-30-32-33-35-37-38-40-42-45-47-50-53-56-59-71(76)83-62-68(74)63-85-90(79,80)86-64-69(75)65-87-91(81,82)88-67-70(89-73(78)61-58-55-52-49-44-21-18-15-12-9-6-3)66-84-72(77)60-57-54-51-48-46-43-41-39-36-34-31-29-27-25-23-20-17-14-11-8-5-2/h7-8,10-11,15-20,24-27,30-32,34-35,37,39-42,46,48,68-70,74-75H,4-6,9,12-14,21-23,28-29,33,36,38,43-45,47,49-67H2,1-3H3,(H,79,80)(H,81,82)/b10-7-,11-8-,18-15-,19-16-,20-17-,26-24-,27-25-,32-30-,34-31-,37-35-,41-39-,42-40-,48-46-. The normalized spacial score (nSPS) is 15.2. The van der Waals surface area contributed by atoms with E-state index in [1.807, 2.05) is 0 Å². The highest BCUT2D eigenvalue weighted by molar-refractivity contribution is 7.47. The van der Waals surface area contributed by atoms with Crippen LogP contribution in [0.3, 0.4) is 0 Å². The molecule has 0 aromatic rings. The fourth-order valence-corrected chi connectivity index (χ4v) is 9.67. The lowest BCUT2D eigenvalue weighted by Gasteiger charge is -2.21. The van der Waals surface area contributed by atoms with Crippen LogP contribution in [0.5, 0.6) is 0 Å². The molecule has 0 saturated heterocycles. The lowest BCUT2D eigenvalue weighted by Crippen LogP contribution is -2.30. The van der Waals surface area contributed by atoms with Crippen LogP contribution >= 0.6 is 15.6 Å². The molecular weight excluding hydrogens is 1190 g/mol. The summed E-state index contributed by atoms with van der Waals surface area (Å²) in [5.41, 5.74) is 0. The molecule has 0 saturated carbocycles. The number of esters is 3. The quantitative estimate of drug-likeness (QED) is 0.0146. The lowest BCUT2D eigenvalue weighted by atomic mass is 10.1. The van der Waals surface area contributed by atoms with Crippen LogP contribution in [-0.2, 0) is 55.8 Å². The van der Waals surface area contributed by atoms with Gasteiger partial charge in [-0.15, -0.1) is 0 Å². The first kappa shape index (κ1) is 86.2. The first-order chi connectivity index (χ1) is 44.2. The average molecular weight is 1310 g/mol. The van der Waals surface area contributed by atoms with Crippen LogP contribution in [0.1, 0.15) is 226 Å². The molecule has 0 aliphatic heterocycles. The Kier molecular flexibility index (Phi) is 61.8. The van der Waals surface area contributed by atoms with Crippen LogP contribution in [0.25, 0.3) is 0 Å². The summed E-state index contributed by atoms with van der Waals surface area (Å²) in [6.45, 7) is 2.26. The molecule has 0 amide bonds. The minimum atomic E-state index is -4.94. The van der Waals surface area contributed by atoms with Crippen LogP contribution in [0.4, 0.5) is 0 Å². The predicted molar refractivity (Wildman–Crippen MR) is 371 cm³/mol. The summed E-state index contributed by atoms with van der Waals surface area (Å²) < 4.78 is 60.7. The first-order valence-electron chi connectivity index (χ1n) is 33.8. The summed E-state index contributed by atoms with van der Waals surface area (Å²) >= 11 is 0. The minimum absolute atomic E-state index is 0.0778. The first-order valence-corrected chi connectivity index (χ1v) is 36.8. The number of hydrogen-bond acceptors (Lipinski definition) is 14. The topological polar surface area (TPSA) is 231 Å². The molecule has 0 aliphatic carbocycles. The van der Waals surface area contributed by atoms with E-state index in [-0.39, 0.29) is 19.3 Å². The van der Waals surface area contributed by atoms with Crippen molar-refractivity contribution >= 4 is 33.6 Å². The Balaban J connectivity index is 4.67. The number of phosphoric ester groups is 2. The van der Waals surface area contributed by atoms with Crippen molar-refractivity contribution in [3.63, 3.8) is 0 Å². The zero-order valence-electron chi connectivity index (χ0n) is 55.7. The van der Waals surface area contributed by atoms with Gasteiger partial charge in [0.2, 0.25) is 0 Å². The van der Waals surface area contributed by atoms with Gasteiger partial charge in [-0.3, -0.25) is 32.5 Å². The molecule has 91 heavy (non-hydrogen) atoms. The van der Waals surface area contributed by atoms with Gasteiger partial charge in [-0.25, -0.2) is 9.13 Å². The van der Waals surface area contributed by atoms with Gasteiger partial charge in [0.1, 0.15) is 25.4 Å². The zero-order chi connectivity index (χ0) is 66.7. The molecule has 0 fully saturated rings. The third-order valence-electron chi connectivity index (χ3n) is 13.2. The van der Waals surface area contributed by atoms with Gasteiger partial charge in [0.25, 0.3) is 0 Å². The van der Waals surface area contributed by atoms with E-state index < -0.39 is 91.5 Å². The van der Waals surface area contributed by atoms with Gasteiger partial charge in [0.05, 0.1) is 26.4 Å². The number of rotatable bonds is 62. The van der Waals surface area contributed by atoms with E-state index in [1.54, 1.807) is 0 Å². The van der Waals surface area contributed by atoms with Gasteiger partial charge >= 0.3 is 33.6 Å². The van der Waals surface area contributed by atoms with E-state index >= 15 is 0 Å². The van der Waals surface area contributed by atoms with Gasteiger partial charge in [-0.05, 0) is 141 Å². The molecule has 0 spiro atoms. The lowest BCUT2D eigenvalue weighted by molar-refractivity contribution is -0.161. The van der Waals surface area contributed by atoms with Crippen molar-refractivity contribution in [1.29, 1.82) is 0 Å². The zero-order valence-corrected chi connectivity index (χ0v) is 57.5. The Morgan fingerprint density at radius 2 is 0.582 bits per heavy atom. The third kappa shape index (κ3) is 66.4. The predicted octanol–water partition coefficient (Wildman–Crippen LogP) is 18.7. The number of unbranched alkanes of at least 4 members (excludes halogenated alkanes) is 13. The molecule has 5 unspecified atom stereocenters. The summed E-state index contributed by atoms with van der Waals surface area (Å²) in [6, 6.07) is 0. The Labute approximate surface area is 549 Å². The Bertz CT molecular complexity index is 2290. The SMILES string of the molecule is CC/C=C\C/C=C\C/C=C\C/C=C\C/C=C\C/C=C\CCCCCCC(=O)OCC(O)COP(=O)(O)OCC(O)COP(=O)(O)OCC(COC(=O)CCCC/C=C\C/C=C\C/C=C\C/C=C\C/C=C\C/C=C\CC)OC(=O)CCCCCCC/C=C\CCCC. The average Bonchev–Trinajstić information content (AvgIpc) is 3.58. The van der Waals surface area contributed by atoms with Crippen LogP contribution in [0, 0.1) is 0 Å². The number of aliphatic hydroxyl groups excluding tert-OH is 2. The van der Waals surface area contributed by atoms with Crippen molar-refractivity contribution in [1.82, 2.24) is 0 Å². The number of phosphoric acid groups is 2. The molecule has 4 N–H and O–H groups in total. The second-order valence-electron chi connectivity index (χ2n) is 21.9. The van der Waals surface area contributed by atoms with Crippen LogP contribution in [0.15, 0.2) is 158 Å². The highest BCUT2D eigenvalue weighted by Gasteiger charge is 2.29. The van der Waals surface area contributed by atoms with Crippen LogP contribution in [0.2, 0.25) is 0 Å². The maximum Gasteiger partial charge on any atom is 0.472 e. The monoisotopic (exact) mass is 1310 g/mol. The Morgan fingerprint density at radius 3 is 0.956 bits per heavy atom. The summed E-state index contributed by atoms with van der Waals surface area (Å²) in [7, 11) is -9.81. The van der Waals surface area contributed by atoms with E-state index in [9.17, 15) is 43.5 Å². The molecule has 0 heterocycles. The summed E-state index contributed by atoms with van der Waals surface area (Å²) in [4.78, 5) is 58.3. The molecule has 0 aliphatic rings. The van der Waals surface area contributed by atoms with E-state index in [2.05, 4.69) is 179 Å². The highest BCUT2D eigenvalue weighted by Crippen LogP contribution is 2.45. The number of allylic oxidation sites excluding steroid dienone is 26. The van der Waals surface area contributed by atoms with E-state index in [4.69, 9.17) is 32.3 Å². The largest absolute Gasteiger partial charge is 0.472 e. The second-order valence-corrected chi connectivity index (χ2v) is 24.8. The molecular formula is C73H118O16P2. The maximum atomic E-state index is 12.9. The Morgan fingerprint density at radius 1 is 0.319 bits per heavy atom. The molecule has 16 nitrogen and oxygen atoms in total. The summed E-state index contributed by atoms with van der Waals surface area (Å²) in [5.74, 6) is -1.68. The summed E-state index contributed by atoms with van der Waals surface area (Å²) in [5, 5.41) is 20.5. The third-order valence-corrected chi connectivity index (χ3v) is 15.1. The van der Waals surface area contributed by atoms with Crippen molar-refractivity contribution in [3.05, 3.63) is 158 Å². The van der Waals surface area contributed by atoms with Gasteiger partial charge in [0.15, 0.2) is 6.10 Å². The number of carbonyl (C=O) groups excluding carboxylic acids is 3. The molecule has 18 heteroatoms. The molecule has 0 radical (unpaired) electrons. The van der Waals surface area contributed by atoms with Gasteiger partial charge in [-0.2, -0.15) is 0 Å². The van der Waals surface area contributed by atoms with Crippen molar-refractivity contribution in [2.45, 2.75) is 245 Å². The fourth-order valence-electron chi connectivity index (χ4n) is 8.08. The van der Waals surface area contributed by atoms with Crippen molar-refractivity contribution in [2.24, 2.45) is 0 Å². The van der Waals surface area contributed by atoms with E-state index in [0.29, 0.717) is 19.3 Å². The molecule has 0 aromatic carbocycles. The molecule has 0 rings (SSSR count). The maximum absolute atomic E-state index is 12.9. The van der Waals surface area contributed by atoms with Crippen LogP contribution in [-0.4, -0.2) is 95.9 Å². The van der Waals surface area contributed by atoms with Gasteiger partial charge < -0.3 is 34.2 Å². The number of carbonyl (C=O) groups is 3. The van der Waals surface area contributed by atoms with Crippen molar-refractivity contribution in [2.75, 3.05) is 39.6 Å². The molecule has 0 aromatic heterocycles. The van der Waals surface area contributed by atoms with Crippen LogP contribution < -0.4 is 0 Å². The molecule has 5 atom stereocenters. The van der Waals surface area contributed by atoms with Gasteiger partial charge in [0, 0.05) is 19.3 Å². The smallest absolute Gasteiger partial charge is 0.463 e. The van der Waals surface area contributed by atoms with Crippen molar-refractivity contribution in [3.8, 4) is 0 Å². The Hall–Kier alpha value is -4.83. The molecule has 516 valence electrons. The number of aliphatic hydroxyl groups is 2. The van der Waals surface area contributed by atoms with E-state index in [0.717, 1.165) is 154 Å². The minimum Gasteiger partial charge on any atom is -0.463 e. The number of hydrogen-bond donors (Lipinski definition) is 4. The number of ether oxygens (including phenoxy) is 3.